The SMILES string of the molecule is COc1ccc(C(=N)N)c2c1COCO2. The zero-order valence-corrected chi connectivity index (χ0v) is 8.37. The van der Waals surface area contributed by atoms with Crippen LogP contribution in [0, 0.1) is 5.41 Å². The van der Waals surface area contributed by atoms with Crippen molar-refractivity contribution in [1.82, 2.24) is 0 Å². The molecule has 0 atom stereocenters. The van der Waals surface area contributed by atoms with Crippen molar-refractivity contribution < 1.29 is 14.2 Å². The molecular weight excluding hydrogens is 196 g/mol. The smallest absolute Gasteiger partial charge is 0.189 e. The second-order valence-corrected chi connectivity index (χ2v) is 3.15. The average molecular weight is 208 g/mol. The second kappa shape index (κ2) is 3.78. The molecule has 0 radical (unpaired) electrons. The van der Waals surface area contributed by atoms with Crippen molar-refractivity contribution in [2.45, 2.75) is 6.61 Å². The number of nitrogens with two attached hydrogens (primary N) is 1. The first kappa shape index (κ1) is 9.79. The molecule has 80 valence electrons. The molecule has 0 bridgehead atoms. The van der Waals surface area contributed by atoms with Crippen molar-refractivity contribution in [3.05, 3.63) is 23.3 Å². The molecular formula is C10H12N2O3. The summed E-state index contributed by atoms with van der Waals surface area (Å²) in [6, 6.07) is 3.47. The van der Waals surface area contributed by atoms with Gasteiger partial charge in [0.15, 0.2) is 6.79 Å². The molecule has 0 unspecified atom stereocenters. The van der Waals surface area contributed by atoms with Crippen LogP contribution in [0.4, 0.5) is 0 Å². The summed E-state index contributed by atoms with van der Waals surface area (Å²) in [7, 11) is 1.58. The number of rotatable bonds is 2. The first-order valence-electron chi connectivity index (χ1n) is 4.49. The van der Waals surface area contributed by atoms with Gasteiger partial charge in [0.1, 0.15) is 17.3 Å². The van der Waals surface area contributed by atoms with Gasteiger partial charge in [0.05, 0.1) is 24.8 Å². The van der Waals surface area contributed by atoms with Gasteiger partial charge >= 0.3 is 0 Å². The first-order chi connectivity index (χ1) is 7.24. The predicted molar refractivity (Wildman–Crippen MR) is 54.3 cm³/mol. The van der Waals surface area contributed by atoms with Crippen molar-refractivity contribution in [2.75, 3.05) is 13.9 Å². The molecule has 0 fully saturated rings. The van der Waals surface area contributed by atoms with Gasteiger partial charge in [-0.25, -0.2) is 0 Å². The van der Waals surface area contributed by atoms with Crippen LogP contribution < -0.4 is 15.2 Å². The van der Waals surface area contributed by atoms with Crippen molar-refractivity contribution in [2.24, 2.45) is 5.73 Å². The molecule has 1 aromatic rings. The van der Waals surface area contributed by atoms with E-state index in [0.29, 0.717) is 23.7 Å². The third-order valence-electron chi connectivity index (χ3n) is 2.26. The highest BCUT2D eigenvalue weighted by atomic mass is 16.7. The molecule has 0 amide bonds. The molecule has 0 saturated heterocycles. The fraction of sp³-hybridized carbons (Fsp3) is 0.300. The van der Waals surface area contributed by atoms with E-state index >= 15 is 0 Å². The molecule has 5 nitrogen and oxygen atoms in total. The van der Waals surface area contributed by atoms with Crippen LogP contribution in [0.25, 0.3) is 0 Å². The number of amidine groups is 1. The van der Waals surface area contributed by atoms with Crippen LogP contribution in [0.5, 0.6) is 11.5 Å². The Balaban J connectivity index is 2.57. The van der Waals surface area contributed by atoms with E-state index < -0.39 is 0 Å². The number of hydrogen-bond acceptors (Lipinski definition) is 4. The summed E-state index contributed by atoms with van der Waals surface area (Å²) in [4.78, 5) is 0. The summed E-state index contributed by atoms with van der Waals surface area (Å²) < 4.78 is 15.7. The van der Waals surface area contributed by atoms with Crippen molar-refractivity contribution in [1.29, 1.82) is 5.41 Å². The Morgan fingerprint density at radius 2 is 2.33 bits per heavy atom. The fourth-order valence-corrected chi connectivity index (χ4v) is 1.56. The van der Waals surface area contributed by atoms with E-state index in [1.165, 1.54) is 0 Å². The molecule has 1 aliphatic rings. The largest absolute Gasteiger partial charge is 0.496 e. The van der Waals surface area contributed by atoms with Crippen LogP contribution >= 0.6 is 0 Å². The maximum absolute atomic E-state index is 7.42. The van der Waals surface area contributed by atoms with Gasteiger partial charge in [-0.15, -0.1) is 0 Å². The number of nitrogen functional groups attached to an aromatic ring is 1. The van der Waals surface area contributed by atoms with E-state index in [4.69, 9.17) is 25.4 Å². The lowest BCUT2D eigenvalue weighted by Gasteiger charge is -2.22. The van der Waals surface area contributed by atoms with Gasteiger partial charge in [-0.05, 0) is 12.1 Å². The van der Waals surface area contributed by atoms with Gasteiger partial charge in [0.2, 0.25) is 0 Å². The summed E-state index contributed by atoms with van der Waals surface area (Å²) in [5.41, 5.74) is 6.83. The Morgan fingerprint density at radius 3 is 3.00 bits per heavy atom. The van der Waals surface area contributed by atoms with Crippen LogP contribution in [0.3, 0.4) is 0 Å². The Morgan fingerprint density at radius 1 is 1.53 bits per heavy atom. The summed E-state index contributed by atoms with van der Waals surface area (Å²) >= 11 is 0. The van der Waals surface area contributed by atoms with Gasteiger partial charge in [-0.1, -0.05) is 0 Å². The minimum atomic E-state index is -0.0178. The molecule has 0 aromatic heterocycles. The molecule has 1 aromatic carbocycles. The number of benzene rings is 1. The minimum Gasteiger partial charge on any atom is -0.496 e. The lowest BCUT2D eigenvalue weighted by atomic mass is 10.1. The Labute approximate surface area is 87.3 Å². The first-order valence-corrected chi connectivity index (χ1v) is 4.49. The fourth-order valence-electron chi connectivity index (χ4n) is 1.56. The van der Waals surface area contributed by atoms with Crippen LogP contribution in [-0.2, 0) is 11.3 Å². The van der Waals surface area contributed by atoms with Crippen LogP contribution in [-0.4, -0.2) is 19.7 Å². The molecule has 3 N–H and O–H groups in total. The zero-order valence-electron chi connectivity index (χ0n) is 8.37. The average Bonchev–Trinajstić information content (AvgIpc) is 2.27. The molecule has 0 spiro atoms. The predicted octanol–water partition coefficient (Wildman–Crippen LogP) is 0.846. The van der Waals surface area contributed by atoms with Gasteiger partial charge in [0, 0.05) is 0 Å². The lowest BCUT2D eigenvalue weighted by molar-refractivity contribution is -0.0176. The standard InChI is InChI=1S/C10H12N2O3/c1-13-8-3-2-6(10(11)12)9-7(8)4-14-5-15-9/h2-3H,4-5H2,1H3,(H3,11,12). The summed E-state index contributed by atoms with van der Waals surface area (Å²) in [5, 5.41) is 7.42. The lowest BCUT2D eigenvalue weighted by Crippen LogP contribution is -2.19. The number of nitrogens with one attached hydrogen (secondary N) is 1. The Kier molecular flexibility index (Phi) is 2.47. The quantitative estimate of drug-likeness (QED) is 0.557. The third kappa shape index (κ3) is 1.61. The van der Waals surface area contributed by atoms with E-state index in [1.54, 1.807) is 19.2 Å². The number of fused-ring (bicyclic) bond motifs is 1. The molecule has 1 aliphatic heterocycles. The van der Waals surface area contributed by atoms with Crippen LogP contribution in [0.2, 0.25) is 0 Å². The van der Waals surface area contributed by atoms with Gasteiger partial charge in [0.25, 0.3) is 0 Å². The molecule has 0 saturated carbocycles. The van der Waals surface area contributed by atoms with Gasteiger partial charge < -0.3 is 19.9 Å². The molecule has 5 heteroatoms. The Hall–Kier alpha value is -1.75. The molecule has 0 aliphatic carbocycles. The summed E-state index contributed by atoms with van der Waals surface area (Å²) in [6.07, 6.45) is 0. The van der Waals surface area contributed by atoms with Crippen molar-refractivity contribution in [3.63, 3.8) is 0 Å². The Bertz CT molecular complexity index is 404. The molecule has 2 rings (SSSR count). The van der Waals surface area contributed by atoms with Crippen LogP contribution in [0.15, 0.2) is 12.1 Å². The second-order valence-electron chi connectivity index (χ2n) is 3.15. The number of ether oxygens (including phenoxy) is 3. The highest BCUT2D eigenvalue weighted by Crippen LogP contribution is 2.34. The zero-order chi connectivity index (χ0) is 10.8. The number of hydrogen-bond donors (Lipinski definition) is 2. The molecule has 15 heavy (non-hydrogen) atoms. The van der Waals surface area contributed by atoms with E-state index in [1.807, 2.05) is 0 Å². The van der Waals surface area contributed by atoms with Gasteiger partial charge in [-0.3, -0.25) is 5.41 Å². The van der Waals surface area contributed by atoms with E-state index in [9.17, 15) is 0 Å². The van der Waals surface area contributed by atoms with Crippen molar-refractivity contribution in [3.8, 4) is 11.5 Å². The monoisotopic (exact) mass is 208 g/mol. The summed E-state index contributed by atoms with van der Waals surface area (Å²) in [6.45, 7) is 0.597. The van der Waals surface area contributed by atoms with Crippen molar-refractivity contribution >= 4 is 5.84 Å². The normalized spacial score (nSPS) is 13.9. The maximum Gasteiger partial charge on any atom is 0.189 e. The maximum atomic E-state index is 7.42. The highest BCUT2D eigenvalue weighted by Gasteiger charge is 2.20. The minimum absolute atomic E-state index is 0.0178. The number of methoxy groups -OCH3 is 1. The van der Waals surface area contributed by atoms with E-state index in [-0.39, 0.29) is 12.6 Å². The summed E-state index contributed by atoms with van der Waals surface area (Å²) in [5.74, 6) is 1.26. The topological polar surface area (TPSA) is 77.6 Å². The third-order valence-corrected chi connectivity index (χ3v) is 2.26. The van der Waals surface area contributed by atoms with Gasteiger partial charge in [-0.2, -0.15) is 0 Å². The van der Waals surface area contributed by atoms with Crippen LogP contribution in [0.1, 0.15) is 11.1 Å². The van der Waals surface area contributed by atoms with E-state index in [0.717, 1.165) is 5.56 Å². The molecule has 1 heterocycles. The van der Waals surface area contributed by atoms with E-state index in [2.05, 4.69) is 0 Å². The highest BCUT2D eigenvalue weighted by molar-refractivity contribution is 5.98.